The minimum atomic E-state index is 0.271. The molecule has 104 valence electrons. The largest absolute Gasteiger partial charge is 0.382 e. The van der Waals surface area contributed by atoms with Crippen LogP contribution >= 0.6 is 23.2 Å². The third-order valence-electron chi connectivity index (χ3n) is 3.21. The van der Waals surface area contributed by atoms with Crippen molar-refractivity contribution in [3.63, 3.8) is 0 Å². The normalized spacial score (nSPS) is 11.5. The molecule has 4 heterocycles. The van der Waals surface area contributed by atoms with Crippen molar-refractivity contribution in [1.29, 1.82) is 0 Å². The van der Waals surface area contributed by atoms with Gasteiger partial charge in [-0.15, -0.1) is 10.2 Å². The topological polar surface area (TPSA) is 97.8 Å². The number of fused-ring (bicyclic) bond motifs is 2. The molecule has 0 saturated heterocycles. The maximum Gasteiger partial charge on any atom is 0.183 e. The number of halogens is 2. The number of nitrogen functional groups attached to an aromatic ring is 1. The maximum atomic E-state index is 6.46. The summed E-state index contributed by atoms with van der Waals surface area (Å²) in [7, 11) is 0. The zero-order valence-corrected chi connectivity index (χ0v) is 11.9. The van der Waals surface area contributed by atoms with Crippen molar-refractivity contribution < 1.29 is 0 Å². The molecular weight excluding hydrogens is 313 g/mol. The third kappa shape index (κ3) is 1.61. The Morgan fingerprint density at radius 2 is 1.90 bits per heavy atom. The number of nitrogens with zero attached hydrogens (tertiary/aromatic N) is 5. The van der Waals surface area contributed by atoms with Crippen molar-refractivity contribution >= 4 is 45.6 Å². The van der Waals surface area contributed by atoms with Crippen LogP contribution in [0.3, 0.4) is 0 Å². The molecule has 0 unspecified atom stereocenters. The number of hydrogen-bond acceptors (Lipinski definition) is 5. The number of H-pyrrole nitrogens is 1. The van der Waals surface area contributed by atoms with Crippen molar-refractivity contribution in [2.75, 3.05) is 5.73 Å². The molecule has 0 fully saturated rings. The van der Waals surface area contributed by atoms with Gasteiger partial charge >= 0.3 is 0 Å². The first-order chi connectivity index (χ1) is 10.2. The van der Waals surface area contributed by atoms with E-state index in [4.69, 9.17) is 28.9 Å². The molecule has 0 aromatic carbocycles. The van der Waals surface area contributed by atoms with Crippen molar-refractivity contribution in [3.8, 4) is 11.4 Å². The first-order valence-electron chi connectivity index (χ1n) is 5.94. The van der Waals surface area contributed by atoms with E-state index in [1.165, 1.54) is 0 Å². The smallest absolute Gasteiger partial charge is 0.183 e. The van der Waals surface area contributed by atoms with Crippen LogP contribution < -0.4 is 5.73 Å². The summed E-state index contributed by atoms with van der Waals surface area (Å²) in [6.07, 6.45) is 3.33. The fourth-order valence-electron chi connectivity index (χ4n) is 2.25. The quantitative estimate of drug-likeness (QED) is 0.525. The van der Waals surface area contributed by atoms with Gasteiger partial charge in [0.05, 0.1) is 10.9 Å². The minimum Gasteiger partial charge on any atom is -0.382 e. The lowest BCUT2D eigenvalue weighted by atomic mass is 10.2. The SMILES string of the molecule is Nc1n[nH]c2c(Cl)c3nnc(-c4ccncc4)n3c(Cl)c12. The monoisotopic (exact) mass is 319 g/mol. The molecule has 0 bridgehead atoms. The molecule has 0 amide bonds. The first kappa shape index (κ1) is 12.4. The Kier molecular flexibility index (Phi) is 2.54. The summed E-state index contributed by atoms with van der Waals surface area (Å²) >= 11 is 12.8. The number of aromatic nitrogens is 6. The number of nitrogens with one attached hydrogen (secondary N) is 1. The Morgan fingerprint density at radius 1 is 1.14 bits per heavy atom. The molecule has 9 heteroatoms. The number of hydrogen-bond donors (Lipinski definition) is 2. The van der Waals surface area contributed by atoms with Gasteiger partial charge in [-0.25, -0.2) is 0 Å². The van der Waals surface area contributed by atoms with Gasteiger partial charge in [0.1, 0.15) is 10.2 Å². The highest BCUT2D eigenvalue weighted by Gasteiger charge is 2.21. The lowest BCUT2D eigenvalue weighted by Gasteiger charge is -2.05. The molecular formula is C12H7Cl2N7. The summed E-state index contributed by atoms with van der Waals surface area (Å²) in [5.74, 6) is 0.829. The second-order valence-electron chi connectivity index (χ2n) is 4.38. The van der Waals surface area contributed by atoms with Gasteiger partial charge in [0.2, 0.25) is 0 Å². The minimum absolute atomic E-state index is 0.271. The molecule has 0 spiro atoms. The number of pyridine rings is 2. The highest BCUT2D eigenvalue weighted by molar-refractivity contribution is 6.42. The number of rotatable bonds is 1. The Balaban J connectivity index is 2.19. The van der Waals surface area contributed by atoms with Crippen LogP contribution in [0.2, 0.25) is 10.2 Å². The van der Waals surface area contributed by atoms with Crippen LogP contribution in [-0.4, -0.2) is 29.8 Å². The van der Waals surface area contributed by atoms with Crippen LogP contribution in [0.5, 0.6) is 0 Å². The standard InChI is InChI=1S/C12H7Cl2N7/c13-7-8-6(10(15)18-17-8)9(14)21-11(19-20-12(7)21)5-1-3-16-4-2-5/h1-4,17H,(H2,15,18). The lowest BCUT2D eigenvalue weighted by molar-refractivity contribution is 1.11. The zero-order chi connectivity index (χ0) is 14.6. The average Bonchev–Trinajstić information content (AvgIpc) is 3.10. The fraction of sp³-hybridized carbons (Fsp3) is 0. The predicted octanol–water partition coefficient (Wildman–Crippen LogP) is 2.56. The highest BCUT2D eigenvalue weighted by Crippen LogP contribution is 2.36. The summed E-state index contributed by atoms with van der Waals surface area (Å²) in [5, 5.41) is 16.2. The van der Waals surface area contributed by atoms with E-state index < -0.39 is 0 Å². The molecule has 7 nitrogen and oxygen atoms in total. The van der Waals surface area contributed by atoms with Gasteiger partial charge in [0, 0.05) is 18.0 Å². The molecule has 0 atom stereocenters. The van der Waals surface area contributed by atoms with Crippen LogP contribution in [0.15, 0.2) is 24.5 Å². The third-order valence-corrected chi connectivity index (χ3v) is 3.93. The van der Waals surface area contributed by atoms with Gasteiger partial charge in [-0.1, -0.05) is 23.2 Å². The molecule has 0 radical (unpaired) electrons. The lowest BCUT2D eigenvalue weighted by Crippen LogP contribution is -1.95. The molecule has 0 aliphatic rings. The second-order valence-corrected chi connectivity index (χ2v) is 5.12. The maximum absolute atomic E-state index is 6.46. The van der Waals surface area contributed by atoms with E-state index in [1.54, 1.807) is 16.8 Å². The number of nitrogens with two attached hydrogens (primary N) is 1. The van der Waals surface area contributed by atoms with E-state index >= 15 is 0 Å². The van der Waals surface area contributed by atoms with E-state index in [9.17, 15) is 0 Å². The van der Waals surface area contributed by atoms with E-state index in [-0.39, 0.29) is 5.82 Å². The van der Waals surface area contributed by atoms with Crippen molar-refractivity contribution in [2.24, 2.45) is 0 Å². The average molecular weight is 320 g/mol. The van der Waals surface area contributed by atoms with Crippen LogP contribution in [0, 0.1) is 0 Å². The molecule has 3 N–H and O–H groups in total. The van der Waals surface area contributed by atoms with Crippen molar-refractivity contribution in [1.82, 2.24) is 29.8 Å². The molecule has 0 saturated carbocycles. The van der Waals surface area contributed by atoms with Gasteiger partial charge in [-0.3, -0.25) is 14.5 Å². The van der Waals surface area contributed by atoms with Gasteiger partial charge in [0.25, 0.3) is 0 Å². The van der Waals surface area contributed by atoms with E-state index in [0.717, 1.165) is 5.56 Å². The van der Waals surface area contributed by atoms with E-state index in [2.05, 4.69) is 25.4 Å². The Hall–Kier alpha value is -2.38. The van der Waals surface area contributed by atoms with Crippen molar-refractivity contribution in [3.05, 3.63) is 34.7 Å². The van der Waals surface area contributed by atoms with Gasteiger partial charge in [-0.2, -0.15) is 5.10 Å². The van der Waals surface area contributed by atoms with Crippen LogP contribution in [0.4, 0.5) is 5.82 Å². The summed E-state index contributed by atoms with van der Waals surface area (Å²) in [4.78, 5) is 3.98. The molecule has 4 rings (SSSR count). The summed E-state index contributed by atoms with van der Waals surface area (Å²) in [5.41, 5.74) is 7.64. The summed E-state index contributed by atoms with van der Waals surface area (Å²) < 4.78 is 1.65. The zero-order valence-electron chi connectivity index (χ0n) is 10.4. The van der Waals surface area contributed by atoms with Crippen molar-refractivity contribution in [2.45, 2.75) is 0 Å². The Bertz CT molecular complexity index is 974. The second kappa shape index (κ2) is 4.31. The Labute approximate surface area is 127 Å². The highest BCUT2D eigenvalue weighted by atomic mass is 35.5. The molecule has 4 aromatic heterocycles. The van der Waals surface area contributed by atoms with Gasteiger partial charge in [-0.05, 0) is 12.1 Å². The number of anilines is 1. The predicted molar refractivity (Wildman–Crippen MR) is 80.3 cm³/mol. The van der Waals surface area contributed by atoms with Crippen LogP contribution in [0.1, 0.15) is 0 Å². The van der Waals surface area contributed by atoms with Crippen LogP contribution in [-0.2, 0) is 0 Å². The fourth-order valence-corrected chi connectivity index (χ4v) is 2.86. The van der Waals surface area contributed by atoms with E-state index in [1.807, 2.05) is 12.1 Å². The van der Waals surface area contributed by atoms with Gasteiger partial charge < -0.3 is 5.73 Å². The number of aromatic amines is 1. The Morgan fingerprint density at radius 3 is 2.67 bits per heavy atom. The molecule has 0 aliphatic heterocycles. The first-order valence-corrected chi connectivity index (χ1v) is 6.70. The van der Waals surface area contributed by atoms with E-state index in [0.29, 0.717) is 32.6 Å². The summed E-state index contributed by atoms with van der Waals surface area (Å²) in [6, 6.07) is 3.62. The molecule has 4 aromatic rings. The molecule has 0 aliphatic carbocycles. The summed E-state index contributed by atoms with van der Waals surface area (Å²) in [6.45, 7) is 0. The molecule has 21 heavy (non-hydrogen) atoms. The van der Waals surface area contributed by atoms with Gasteiger partial charge in [0.15, 0.2) is 17.3 Å². The van der Waals surface area contributed by atoms with Crippen LogP contribution in [0.25, 0.3) is 27.9 Å².